The van der Waals surface area contributed by atoms with Crippen LogP contribution in [0.15, 0.2) is 146 Å². The molecule has 24 bridgehead atoms. The average Bonchev–Trinajstić information content (AvgIpc) is 0.805. The minimum atomic E-state index is 0.280. The molecule has 522 valence electrons. The lowest BCUT2D eigenvalue weighted by Gasteiger charge is -2.23. The van der Waals surface area contributed by atoms with Crippen molar-refractivity contribution >= 4 is 0 Å². The van der Waals surface area contributed by atoms with Gasteiger partial charge in [0.2, 0.25) is 0 Å². The van der Waals surface area contributed by atoms with E-state index in [-0.39, 0.29) is 26.4 Å². The molecule has 0 amide bonds. The number of ether oxygens (including phenoxy) is 17. The lowest BCUT2D eigenvalue weighted by atomic mass is 9.91. The second-order valence-electron chi connectivity index (χ2n) is 25.0. The maximum atomic E-state index is 7.05. The van der Waals surface area contributed by atoms with Gasteiger partial charge in [-0.25, -0.2) is 0 Å². The van der Waals surface area contributed by atoms with Crippen LogP contribution in [0.1, 0.15) is 89.0 Å². The highest BCUT2D eigenvalue weighted by Gasteiger charge is 2.26. The van der Waals surface area contributed by atoms with Gasteiger partial charge in [-0.3, -0.25) is 0 Å². The lowest BCUT2D eigenvalue weighted by molar-refractivity contribution is -0.00706. The second kappa shape index (κ2) is 36.8. The van der Waals surface area contributed by atoms with Crippen molar-refractivity contribution in [3.63, 3.8) is 0 Å². The SMILES string of the molecule is c1cc2c3c(c1)Cc1cccc4c1OCCOCCOc1c5cccc1Cc1cccc6c1OCCOCCOCCOCCOc1c(cccc1C5)Cc1cccc(c1OCCOCCOc1c(cccc1Cc1cccc(c1OCCOCCOCCOCCOCCO3)C4)C2)C6. The number of para-hydroxylation sites is 8. The van der Waals surface area contributed by atoms with Crippen LogP contribution in [0.3, 0.4) is 0 Å². The summed E-state index contributed by atoms with van der Waals surface area (Å²) in [5.74, 6) is 6.38. The molecule has 14 rings (SSSR count). The van der Waals surface area contributed by atoms with Crippen LogP contribution in [-0.2, 0) is 94.0 Å². The van der Waals surface area contributed by atoms with Crippen molar-refractivity contribution in [2.24, 2.45) is 0 Å². The standard InChI is InChI=1S/C82H92O17/c1-9-59-51-67-17-5-19-69-53-61-11-2-12-62-54-70-20-6-18-68(52-60(10-1)75(59)92-43-35-86-31-27-83-25-26-84-28-32-87-36-44-93-76(61)62)80(70)97-48-40-91-42-50-99-82-72-22-8-24-74(82)58-66-16-4-15-65-57-73-23-7-21-71(81(73)98-49-41-90-39-47-96-79(67)69)55-63-13-3-14-64(56-72)77(63)94-45-37-88-33-29-85-30-34-89-38-46-95-78(65)66/h1-24H,25-58H2. The molecule has 0 radical (unpaired) electrons. The molecule has 0 N–H and O–H groups in total. The van der Waals surface area contributed by atoms with Crippen LogP contribution in [0.2, 0.25) is 0 Å². The fraction of sp³-hybridized carbons (Fsp3) is 0.415. The minimum Gasteiger partial charge on any atom is -0.491 e. The quantitative estimate of drug-likeness (QED) is 0.132. The van der Waals surface area contributed by atoms with Crippen molar-refractivity contribution < 1.29 is 80.5 Å². The van der Waals surface area contributed by atoms with Gasteiger partial charge < -0.3 is 80.5 Å². The molecule has 0 saturated heterocycles. The molecule has 0 unspecified atom stereocenters. The third kappa shape index (κ3) is 19.0. The van der Waals surface area contributed by atoms with E-state index in [1.54, 1.807) is 0 Å². The van der Waals surface area contributed by atoms with Crippen LogP contribution >= 0.6 is 0 Å². The average molecular weight is 1350 g/mol. The monoisotopic (exact) mass is 1350 g/mol. The zero-order chi connectivity index (χ0) is 66.9. The van der Waals surface area contributed by atoms with Gasteiger partial charge in [-0.2, -0.15) is 0 Å². The summed E-state index contributed by atoms with van der Waals surface area (Å²) in [7, 11) is 0. The normalized spacial score (nSPS) is 18.0. The van der Waals surface area contributed by atoms with E-state index < -0.39 is 0 Å². The van der Waals surface area contributed by atoms with Crippen LogP contribution in [0.4, 0.5) is 0 Å². The molecule has 4 aliphatic heterocycles. The van der Waals surface area contributed by atoms with Crippen LogP contribution in [0, 0.1) is 0 Å². The molecule has 17 nitrogen and oxygen atoms in total. The molecule has 0 aromatic heterocycles. The Morgan fingerprint density at radius 1 is 0.121 bits per heavy atom. The minimum absolute atomic E-state index is 0.280. The summed E-state index contributed by atoms with van der Waals surface area (Å²) in [6.07, 6.45) is 4.19. The van der Waals surface area contributed by atoms with E-state index in [1.165, 1.54) is 0 Å². The molecule has 4 heterocycles. The van der Waals surface area contributed by atoms with E-state index in [4.69, 9.17) is 80.5 Å². The number of hydrogen-bond donors (Lipinski definition) is 0. The number of fused-ring (bicyclic) bond motifs is 12. The fourth-order valence-corrected chi connectivity index (χ4v) is 13.6. The summed E-state index contributed by atoms with van der Waals surface area (Å²) in [6.45, 7) is 9.60. The molecule has 6 aliphatic rings. The topological polar surface area (TPSA) is 157 Å². The van der Waals surface area contributed by atoms with Gasteiger partial charge in [0, 0.05) is 51.4 Å². The van der Waals surface area contributed by atoms with Crippen LogP contribution in [0.5, 0.6) is 46.0 Å². The predicted molar refractivity (Wildman–Crippen MR) is 375 cm³/mol. The number of benzene rings is 8. The Bertz CT molecular complexity index is 3470. The van der Waals surface area contributed by atoms with Gasteiger partial charge in [0.25, 0.3) is 0 Å². The Balaban J connectivity index is 0.888. The molecule has 8 aromatic carbocycles. The zero-order valence-electron chi connectivity index (χ0n) is 56.8. The van der Waals surface area contributed by atoms with E-state index in [0.717, 1.165) is 135 Å². The van der Waals surface area contributed by atoms with E-state index in [0.29, 0.717) is 197 Å². The first-order valence-electron chi connectivity index (χ1n) is 35.2. The Labute approximate surface area is 581 Å². The van der Waals surface area contributed by atoms with Crippen molar-refractivity contribution in [1.29, 1.82) is 0 Å². The second-order valence-corrected chi connectivity index (χ2v) is 25.0. The molecular formula is C82H92O17. The van der Waals surface area contributed by atoms with E-state index in [2.05, 4.69) is 146 Å². The van der Waals surface area contributed by atoms with Gasteiger partial charge in [-0.05, 0) is 89.0 Å². The van der Waals surface area contributed by atoms with Crippen molar-refractivity contribution in [1.82, 2.24) is 0 Å². The lowest BCUT2D eigenvalue weighted by Crippen LogP contribution is -2.17. The van der Waals surface area contributed by atoms with Crippen LogP contribution in [0.25, 0.3) is 0 Å². The van der Waals surface area contributed by atoms with Crippen molar-refractivity contribution in [2.45, 2.75) is 51.4 Å². The highest BCUT2D eigenvalue weighted by Crippen LogP contribution is 2.42. The van der Waals surface area contributed by atoms with Crippen molar-refractivity contribution in [3.05, 3.63) is 235 Å². The highest BCUT2D eigenvalue weighted by atomic mass is 16.6. The van der Waals surface area contributed by atoms with Crippen LogP contribution in [-0.4, -0.2) is 172 Å². The van der Waals surface area contributed by atoms with Gasteiger partial charge >= 0.3 is 0 Å². The van der Waals surface area contributed by atoms with Gasteiger partial charge in [0.1, 0.15) is 98.9 Å². The summed E-state index contributed by atoms with van der Waals surface area (Å²) >= 11 is 0. The first-order valence-corrected chi connectivity index (χ1v) is 35.2. The Hall–Kier alpha value is -8.20. The summed E-state index contributed by atoms with van der Waals surface area (Å²) in [4.78, 5) is 0. The predicted octanol–water partition coefficient (Wildman–Crippen LogP) is 12.0. The van der Waals surface area contributed by atoms with E-state index >= 15 is 0 Å². The van der Waals surface area contributed by atoms with Gasteiger partial charge in [0.05, 0.1) is 119 Å². The summed E-state index contributed by atoms with van der Waals surface area (Å²) in [5, 5.41) is 0. The maximum absolute atomic E-state index is 7.05. The molecule has 0 fully saturated rings. The van der Waals surface area contributed by atoms with Gasteiger partial charge in [-0.15, -0.1) is 0 Å². The Morgan fingerprint density at radius 2 is 0.212 bits per heavy atom. The van der Waals surface area contributed by atoms with Crippen LogP contribution < -0.4 is 37.9 Å². The first-order chi connectivity index (χ1) is 49.2. The summed E-state index contributed by atoms with van der Waals surface area (Å²) in [6, 6.07) is 51.5. The molecular weight excluding hydrogens is 1260 g/mol. The van der Waals surface area contributed by atoms with Crippen molar-refractivity contribution in [3.8, 4) is 46.0 Å². The molecule has 0 spiro atoms. The molecule has 17 heteroatoms. The Morgan fingerprint density at radius 3 is 0.313 bits per heavy atom. The zero-order valence-corrected chi connectivity index (χ0v) is 56.8. The molecule has 8 aromatic rings. The fourth-order valence-electron chi connectivity index (χ4n) is 13.6. The van der Waals surface area contributed by atoms with Gasteiger partial charge in [0.15, 0.2) is 0 Å². The number of hydrogen-bond acceptors (Lipinski definition) is 17. The molecule has 2 aliphatic carbocycles. The maximum Gasteiger partial charge on any atom is 0.126 e. The van der Waals surface area contributed by atoms with Gasteiger partial charge in [-0.1, -0.05) is 146 Å². The molecule has 0 atom stereocenters. The Kier molecular flexibility index (Phi) is 25.7. The third-order valence-corrected chi connectivity index (χ3v) is 18.1. The largest absolute Gasteiger partial charge is 0.491 e. The highest BCUT2D eigenvalue weighted by molar-refractivity contribution is 5.59. The number of rotatable bonds is 0. The molecule has 0 saturated carbocycles. The summed E-state index contributed by atoms with van der Waals surface area (Å²) < 4.78 is 111. The van der Waals surface area contributed by atoms with E-state index in [1.807, 2.05) is 0 Å². The van der Waals surface area contributed by atoms with E-state index in [9.17, 15) is 0 Å². The third-order valence-electron chi connectivity index (χ3n) is 18.1. The smallest absolute Gasteiger partial charge is 0.126 e. The summed E-state index contributed by atoms with van der Waals surface area (Å²) in [5.41, 5.74) is 16.2. The van der Waals surface area contributed by atoms with Crippen molar-refractivity contribution in [2.75, 3.05) is 172 Å². The first kappa shape index (κ1) is 69.3. The molecule has 99 heavy (non-hydrogen) atoms.